The van der Waals surface area contributed by atoms with Crippen molar-refractivity contribution in [2.75, 3.05) is 13.2 Å². The zero-order valence-corrected chi connectivity index (χ0v) is 15.2. The van der Waals surface area contributed by atoms with Gasteiger partial charge in [0.1, 0.15) is 5.75 Å². The molecule has 1 saturated carbocycles. The first-order valence-electron chi connectivity index (χ1n) is 8.19. The van der Waals surface area contributed by atoms with Crippen LogP contribution in [0.1, 0.15) is 42.4 Å². The van der Waals surface area contributed by atoms with E-state index in [4.69, 9.17) is 10.5 Å². The molecule has 1 aromatic carbocycles. The third-order valence-electron chi connectivity index (χ3n) is 4.50. The molecule has 1 amide bonds. The molecule has 4 nitrogen and oxygen atoms in total. The van der Waals surface area contributed by atoms with Crippen LogP contribution in [0.2, 0.25) is 0 Å². The molecular formula is C18H29ClN2O2. The van der Waals surface area contributed by atoms with Crippen molar-refractivity contribution >= 4 is 18.3 Å². The van der Waals surface area contributed by atoms with Crippen LogP contribution in [-0.2, 0) is 4.79 Å². The minimum Gasteiger partial charge on any atom is -0.483 e. The summed E-state index contributed by atoms with van der Waals surface area (Å²) in [5, 5.41) is 3.08. The highest BCUT2D eigenvalue weighted by Gasteiger charge is 2.21. The molecule has 0 aromatic heterocycles. The molecule has 2 rings (SSSR count). The summed E-state index contributed by atoms with van der Waals surface area (Å²) < 4.78 is 5.74. The Morgan fingerprint density at radius 3 is 2.26 bits per heavy atom. The number of carbonyl (C=O) groups excluding carboxylic acids is 1. The number of ether oxygens (including phenoxy) is 1. The summed E-state index contributed by atoms with van der Waals surface area (Å²) in [6.45, 7) is 6.94. The average molecular weight is 341 g/mol. The van der Waals surface area contributed by atoms with E-state index in [0.29, 0.717) is 5.92 Å². The number of carbonyl (C=O) groups is 1. The Bertz CT molecular complexity index is 503. The molecule has 5 heteroatoms. The maximum atomic E-state index is 12.1. The topological polar surface area (TPSA) is 64.3 Å². The summed E-state index contributed by atoms with van der Waals surface area (Å²) in [4.78, 5) is 12.1. The molecule has 0 radical (unpaired) electrons. The number of hydrogen-bond acceptors (Lipinski definition) is 3. The zero-order valence-electron chi connectivity index (χ0n) is 14.4. The van der Waals surface area contributed by atoms with Crippen LogP contribution in [0, 0.1) is 26.7 Å². The molecule has 1 aromatic rings. The molecule has 0 heterocycles. The first-order chi connectivity index (χ1) is 10.5. The van der Waals surface area contributed by atoms with Gasteiger partial charge in [-0.2, -0.15) is 0 Å². The van der Waals surface area contributed by atoms with Crippen LogP contribution in [0.3, 0.4) is 0 Å². The third kappa shape index (κ3) is 5.70. The van der Waals surface area contributed by atoms with Gasteiger partial charge < -0.3 is 15.8 Å². The first kappa shape index (κ1) is 19.8. The van der Waals surface area contributed by atoms with Gasteiger partial charge in [0.05, 0.1) is 0 Å². The number of aryl methyl sites for hydroxylation is 3. The molecule has 23 heavy (non-hydrogen) atoms. The molecule has 1 aliphatic rings. The second kappa shape index (κ2) is 9.14. The van der Waals surface area contributed by atoms with Crippen LogP contribution in [0.5, 0.6) is 5.75 Å². The minimum absolute atomic E-state index is 0. The number of amides is 1. The number of hydrogen-bond donors (Lipinski definition) is 2. The van der Waals surface area contributed by atoms with Crippen molar-refractivity contribution in [3.8, 4) is 5.75 Å². The summed E-state index contributed by atoms with van der Waals surface area (Å²) in [5.74, 6) is 1.42. The number of benzene rings is 1. The second-order valence-corrected chi connectivity index (χ2v) is 6.54. The van der Waals surface area contributed by atoms with Crippen LogP contribution in [0.15, 0.2) is 12.1 Å². The number of halogens is 1. The van der Waals surface area contributed by atoms with E-state index in [2.05, 4.69) is 24.4 Å². The molecule has 0 spiro atoms. The Balaban J connectivity index is 0.00000264. The van der Waals surface area contributed by atoms with E-state index in [0.717, 1.165) is 49.1 Å². The maximum Gasteiger partial charge on any atom is 0.258 e. The summed E-state index contributed by atoms with van der Waals surface area (Å²) in [5.41, 5.74) is 9.06. The SMILES string of the molecule is Cc1cc(C)c(OCC(=O)NC2CCC(CN)CC2)c(C)c1.Cl. The van der Waals surface area contributed by atoms with Gasteiger partial charge in [-0.25, -0.2) is 0 Å². The molecule has 0 atom stereocenters. The lowest BCUT2D eigenvalue weighted by molar-refractivity contribution is -0.124. The summed E-state index contributed by atoms with van der Waals surface area (Å²) in [7, 11) is 0. The maximum absolute atomic E-state index is 12.1. The Kier molecular flexibility index (Phi) is 7.86. The van der Waals surface area contributed by atoms with Gasteiger partial charge in [0.15, 0.2) is 6.61 Å². The fourth-order valence-electron chi connectivity index (χ4n) is 3.34. The molecule has 0 aliphatic heterocycles. The van der Waals surface area contributed by atoms with Gasteiger partial charge in [-0.05, 0) is 70.0 Å². The third-order valence-corrected chi connectivity index (χ3v) is 4.50. The van der Waals surface area contributed by atoms with Crippen LogP contribution in [0.4, 0.5) is 0 Å². The quantitative estimate of drug-likeness (QED) is 0.865. The predicted molar refractivity (Wildman–Crippen MR) is 96.3 cm³/mol. The summed E-state index contributed by atoms with van der Waals surface area (Å²) in [6.07, 6.45) is 4.27. The molecule has 3 N–H and O–H groups in total. The lowest BCUT2D eigenvalue weighted by Crippen LogP contribution is -2.40. The average Bonchev–Trinajstić information content (AvgIpc) is 2.47. The second-order valence-electron chi connectivity index (χ2n) is 6.54. The Labute approximate surface area is 145 Å². The summed E-state index contributed by atoms with van der Waals surface area (Å²) in [6, 6.07) is 4.43. The molecular weight excluding hydrogens is 312 g/mol. The van der Waals surface area contributed by atoms with Gasteiger partial charge in [-0.15, -0.1) is 12.4 Å². The molecule has 0 unspecified atom stereocenters. The van der Waals surface area contributed by atoms with Gasteiger partial charge in [0.25, 0.3) is 5.91 Å². The fraction of sp³-hybridized carbons (Fsp3) is 0.611. The van der Waals surface area contributed by atoms with Gasteiger partial charge in [-0.3, -0.25) is 4.79 Å². The Morgan fingerprint density at radius 1 is 1.17 bits per heavy atom. The normalized spacial score (nSPS) is 20.5. The van der Waals surface area contributed by atoms with Crippen molar-refractivity contribution < 1.29 is 9.53 Å². The molecule has 1 aliphatic carbocycles. The van der Waals surface area contributed by atoms with E-state index >= 15 is 0 Å². The zero-order chi connectivity index (χ0) is 16.1. The van der Waals surface area contributed by atoms with Crippen molar-refractivity contribution in [2.24, 2.45) is 11.7 Å². The van der Waals surface area contributed by atoms with E-state index in [1.54, 1.807) is 0 Å². The predicted octanol–water partition coefficient (Wildman–Crippen LogP) is 3.05. The van der Waals surface area contributed by atoms with Crippen molar-refractivity contribution in [3.05, 3.63) is 28.8 Å². The lowest BCUT2D eigenvalue weighted by atomic mass is 9.86. The largest absolute Gasteiger partial charge is 0.483 e. The van der Waals surface area contributed by atoms with E-state index in [-0.39, 0.29) is 31.0 Å². The number of rotatable bonds is 5. The standard InChI is InChI=1S/C18H28N2O2.ClH/c1-12-8-13(2)18(14(3)9-12)22-11-17(21)20-16-6-4-15(10-19)5-7-16;/h8-9,15-16H,4-7,10-11,19H2,1-3H3,(H,20,21);1H. The van der Waals surface area contributed by atoms with Crippen LogP contribution in [-0.4, -0.2) is 25.1 Å². The van der Waals surface area contributed by atoms with Gasteiger partial charge in [0, 0.05) is 6.04 Å². The van der Waals surface area contributed by atoms with Gasteiger partial charge in [-0.1, -0.05) is 17.7 Å². The van der Waals surface area contributed by atoms with Crippen LogP contribution in [0.25, 0.3) is 0 Å². The van der Waals surface area contributed by atoms with Crippen molar-refractivity contribution in [3.63, 3.8) is 0 Å². The van der Waals surface area contributed by atoms with E-state index in [1.165, 1.54) is 5.56 Å². The fourth-order valence-corrected chi connectivity index (χ4v) is 3.34. The smallest absolute Gasteiger partial charge is 0.258 e. The molecule has 1 fully saturated rings. The van der Waals surface area contributed by atoms with E-state index in [1.807, 2.05) is 13.8 Å². The lowest BCUT2D eigenvalue weighted by Gasteiger charge is -2.28. The highest BCUT2D eigenvalue weighted by Crippen LogP contribution is 2.25. The Morgan fingerprint density at radius 2 is 1.74 bits per heavy atom. The van der Waals surface area contributed by atoms with Gasteiger partial charge in [0.2, 0.25) is 0 Å². The Hall–Kier alpha value is -1.26. The molecule has 0 saturated heterocycles. The van der Waals surface area contributed by atoms with Crippen molar-refractivity contribution in [1.29, 1.82) is 0 Å². The van der Waals surface area contributed by atoms with Crippen molar-refractivity contribution in [1.82, 2.24) is 5.32 Å². The van der Waals surface area contributed by atoms with Crippen molar-refractivity contribution in [2.45, 2.75) is 52.5 Å². The monoisotopic (exact) mass is 340 g/mol. The number of nitrogens with two attached hydrogens (primary N) is 1. The van der Waals surface area contributed by atoms with Gasteiger partial charge >= 0.3 is 0 Å². The first-order valence-corrected chi connectivity index (χ1v) is 8.19. The highest BCUT2D eigenvalue weighted by molar-refractivity contribution is 5.85. The minimum atomic E-state index is -0.0319. The van der Waals surface area contributed by atoms with E-state index < -0.39 is 0 Å². The molecule has 130 valence electrons. The number of nitrogens with one attached hydrogen (secondary N) is 1. The molecule has 0 bridgehead atoms. The van der Waals surface area contributed by atoms with Crippen LogP contribution < -0.4 is 15.8 Å². The summed E-state index contributed by atoms with van der Waals surface area (Å²) >= 11 is 0. The van der Waals surface area contributed by atoms with Crippen LogP contribution >= 0.6 is 12.4 Å². The van der Waals surface area contributed by atoms with E-state index in [9.17, 15) is 4.79 Å². The highest BCUT2D eigenvalue weighted by atomic mass is 35.5.